The van der Waals surface area contributed by atoms with E-state index in [4.69, 9.17) is 9.84 Å². The van der Waals surface area contributed by atoms with E-state index in [2.05, 4.69) is 32.8 Å². The maximum absolute atomic E-state index is 11.2. The van der Waals surface area contributed by atoms with Crippen LogP contribution in [0.1, 0.15) is 69.1 Å². The Morgan fingerprint density at radius 1 is 1.12 bits per heavy atom. The fraction of sp³-hybridized carbons (Fsp3) is 0.552. The van der Waals surface area contributed by atoms with Gasteiger partial charge in [-0.2, -0.15) is 0 Å². The van der Waals surface area contributed by atoms with Gasteiger partial charge >= 0.3 is 5.97 Å². The van der Waals surface area contributed by atoms with Crippen LogP contribution in [0.4, 0.5) is 0 Å². The molecular weight excluding hydrogens is 426 g/mol. The molecule has 0 saturated heterocycles. The number of methoxy groups -OCH3 is 1. The summed E-state index contributed by atoms with van der Waals surface area (Å²) >= 11 is 0. The first-order chi connectivity index (χ1) is 16.1. The highest BCUT2D eigenvalue weighted by molar-refractivity contribution is 5.75. The molecule has 3 atom stereocenters. The summed E-state index contributed by atoms with van der Waals surface area (Å²) in [6, 6.07) is 15.8. The van der Waals surface area contributed by atoms with Gasteiger partial charge in [-0.3, -0.25) is 4.79 Å². The number of rotatable bonds is 8. The monoisotopic (exact) mass is 469 g/mol. The van der Waals surface area contributed by atoms with Crippen molar-refractivity contribution in [3.8, 4) is 5.75 Å². The molecule has 1 aliphatic carbocycles. The Hall–Kier alpha value is -2.37. The number of aliphatic hydroxyl groups is 1. The zero-order chi connectivity index (χ0) is 25.3. The second-order valence-electron chi connectivity index (χ2n) is 10.3. The van der Waals surface area contributed by atoms with Gasteiger partial charge in [-0.25, -0.2) is 0 Å². The van der Waals surface area contributed by atoms with Crippen LogP contribution in [-0.2, 0) is 16.8 Å². The van der Waals surface area contributed by atoms with Crippen LogP contribution < -0.4 is 4.74 Å². The second kappa shape index (κ2) is 12.9. The molecule has 5 nitrogen and oxygen atoms in total. The number of carboxylic acid groups (broad SMARTS) is 1. The number of ether oxygens (including phenoxy) is 1. The maximum atomic E-state index is 11.2. The lowest BCUT2D eigenvalue weighted by atomic mass is 9.71. The lowest BCUT2D eigenvalue weighted by molar-refractivity contribution is -0.138. The van der Waals surface area contributed by atoms with Crippen LogP contribution in [0.3, 0.4) is 0 Å². The molecule has 2 aromatic carbocycles. The first kappa shape index (κ1) is 27.9. The van der Waals surface area contributed by atoms with Gasteiger partial charge in [0.05, 0.1) is 18.6 Å². The molecule has 5 heteroatoms. The van der Waals surface area contributed by atoms with Crippen LogP contribution in [0.25, 0.3) is 0 Å². The predicted octanol–water partition coefficient (Wildman–Crippen LogP) is 5.71. The smallest absolute Gasteiger partial charge is 0.310 e. The van der Waals surface area contributed by atoms with Gasteiger partial charge in [0.15, 0.2) is 0 Å². The fourth-order valence-electron chi connectivity index (χ4n) is 4.74. The summed E-state index contributed by atoms with van der Waals surface area (Å²) in [5.41, 5.74) is 2.43. The van der Waals surface area contributed by atoms with Crippen molar-refractivity contribution in [1.82, 2.24) is 4.90 Å². The summed E-state index contributed by atoms with van der Waals surface area (Å²) < 4.78 is 5.29. The summed E-state index contributed by atoms with van der Waals surface area (Å²) in [7, 11) is 5.81. The topological polar surface area (TPSA) is 70.0 Å². The Morgan fingerprint density at radius 3 is 2.35 bits per heavy atom. The van der Waals surface area contributed by atoms with Gasteiger partial charge in [0, 0.05) is 12.5 Å². The van der Waals surface area contributed by atoms with E-state index in [0.717, 1.165) is 49.1 Å². The molecule has 0 amide bonds. The Labute approximate surface area is 205 Å². The van der Waals surface area contributed by atoms with E-state index in [0.29, 0.717) is 11.8 Å². The van der Waals surface area contributed by atoms with E-state index in [9.17, 15) is 9.90 Å². The molecule has 188 valence electrons. The standard InChI is InChI=1S/C16H25NO2.C13H18O2/c1-17(2)12-14-7-4-5-10-16(14,18)13-8-6-9-15(11-13)19-3;1-9(2)8-11-4-6-12(7-5-11)10(3)13(14)15/h6,8-9,11,14,18H,4-5,7,10,12H2,1-3H3;4-7,9-10H,8H2,1-3H3,(H,14,15)/t14-,16+;10-/m10/s1. The van der Waals surface area contributed by atoms with E-state index in [1.165, 1.54) is 12.0 Å². The van der Waals surface area contributed by atoms with Gasteiger partial charge in [0.2, 0.25) is 0 Å². The van der Waals surface area contributed by atoms with Crippen LogP contribution in [0.5, 0.6) is 5.75 Å². The third-order valence-electron chi connectivity index (χ3n) is 6.69. The summed E-state index contributed by atoms with van der Waals surface area (Å²) in [5, 5.41) is 20.0. The predicted molar refractivity (Wildman–Crippen MR) is 138 cm³/mol. The summed E-state index contributed by atoms with van der Waals surface area (Å²) in [5.74, 6) is 0.556. The molecule has 0 unspecified atom stereocenters. The van der Waals surface area contributed by atoms with Crippen molar-refractivity contribution in [3.63, 3.8) is 0 Å². The number of hydrogen-bond acceptors (Lipinski definition) is 4. The van der Waals surface area contributed by atoms with Crippen molar-refractivity contribution >= 4 is 5.97 Å². The Bertz CT molecular complexity index is 893. The molecule has 2 aromatic rings. The quantitative estimate of drug-likeness (QED) is 0.518. The minimum Gasteiger partial charge on any atom is -0.497 e. The Kier molecular flexibility index (Phi) is 10.6. The van der Waals surface area contributed by atoms with Gasteiger partial charge < -0.3 is 19.8 Å². The summed E-state index contributed by atoms with van der Waals surface area (Å²) in [6.45, 7) is 6.98. The van der Waals surface area contributed by atoms with E-state index >= 15 is 0 Å². The molecule has 0 bridgehead atoms. The van der Waals surface area contributed by atoms with E-state index in [1.54, 1.807) is 14.0 Å². The fourth-order valence-corrected chi connectivity index (χ4v) is 4.74. The molecule has 0 heterocycles. The third kappa shape index (κ3) is 7.85. The molecule has 2 N–H and O–H groups in total. The highest BCUT2D eigenvalue weighted by Crippen LogP contribution is 2.42. The third-order valence-corrected chi connectivity index (χ3v) is 6.69. The van der Waals surface area contributed by atoms with Crippen molar-refractivity contribution < 1.29 is 19.7 Å². The number of aliphatic carboxylic acids is 1. The van der Waals surface area contributed by atoms with Gasteiger partial charge in [-0.05, 0) is 75.0 Å². The summed E-state index contributed by atoms with van der Waals surface area (Å²) in [4.78, 5) is 12.9. The number of carboxylic acids is 1. The van der Waals surface area contributed by atoms with Crippen molar-refractivity contribution in [1.29, 1.82) is 0 Å². The van der Waals surface area contributed by atoms with E-state index < -0.39 is 17.5 Å². The Morgan fingerprint density at radius 2 is 1.79 bits per heavy atom. The van der Waals surface area contributed by atoms with Crippen LogP contribution in [-0.4, -0.2) is 48.8 Å². The first-order valence-corrected chi connectivity index (χ1v) is 12.4. The number of benzene rings is 2. The second-order valence-corrected chi connectivity index (χ2v) is 10.3. The molecule has 1 saturated carbocycles. The number of hydrogen-bond donors (Lipinski definition) is 2. The highest BCUT2D eigenvalue weighted by atomic mass is 16.5. The maximum Gasteiger partial charge on any atom is 0.310 e. The van der Waals surface area contributed by atoms with Crippen molar-refractivity contribution in [2.45, 2.75) is 64.4 Å². The largest absolute Gasteiger partial charge is 0.497 e. The summed E-state index contributed by atoms with van der Waals surface area (Å²) in [6.07, 6.45) is 5.29. The average molecular weight is 470 g/mol. The SMILES string of the molecule is CC(C)Cc1ccc([C@H](C)C(=O)O)cc1.COc1cccc([C@@]2(O)CCCC[C@@H]2CN(C)C)c1. The number of nitrogens with zero attached hydrogens (tertiary/aromatic N) is 1. The Balaban J connectivity index is 0.000000248. The van der Waals surface area contributed by atoms with Crippen LogP contribution in [0.15, 0.2) is 48.5 Å². The molecule has 34 heavy (non-hydrogen) atoms. The zero-order valence-corrected chi connectivity index (χ0v) is 21.8. The highest BCUT2D eigenvalue weighted by Gasteiger charge is 2.40. The normalized spacial score (nSPS) is 21.0. The van der Waals surface area contributed by atoms with Crippen molar-refractivity contribution in [2.24, 2.45) is 11.8 Å². The lowest BCUT2D eigenvalue weighted by Gasteiger charge is -2.41. The molecule has 0 aromatic heterocycles. The molecule has 0 aliphatic heterocycles. The van der Waals surface area contributed by atoms with E-state index in [-0.39, 0.29) is 0 Å². The van der Waals surface area contributed by atoms with Crippen LogP contribution in [0.2, 0.25) is 0 Å². The first-order valence-electron chi connectivity index (χ1n) is 12.4. The molecule has 3 rings (SSSR count). The molecule has 1 fully saturated rings. The molecular formula is C29H43NO4. The minimum absolute atomic E-state index is 0.295. The average Bonchev–Trinajstić information content (AvgIpc) is 2.80. The minimum atomic E-state index is -0.772. The number of carbonyl (C=O) groups is 1. The molecule has 1 aliphatic rings. The van der Waals surface area contributed by atoms with E-state index in [1.807, 2.05) is 48.5 Å². The van der Waals surface area contributed by atoms with Gasteiger partial charge in [-0.15, -0.1) is 0 Å². The van der Waals surface area contributed by atoms with Crippen LogP contribution in [0, 0.1) is 11.8 Å². The molecule has 0 radical (unpaired) electrons. The van der Waals surface area contributed by atoms with Crippen molar-refractivity contribution in [3.05, 3.63) is 65.2 Å². The lowest BCUT2D eigenvalue weighted by Crippen LogP contribution is -2.43. The van der Waals surface area contributed by atoms with Gasteiger partial charge in [0.25, 0.3) is 0 Å². The molecule has 0 spiro atoms. The zero-order valence-electron chi connectivity index (χ0n) is 21.8. The van der Waals surface area contributed by atoms with Gasteiger partial charge in [0.1, 0.15) is 5.75 Å². The van der Waals surface area contributed by atoms with Crippen molar-refractivity contribution in [2.75, 3.05) is 27.7 Å². The van der Waals surface area contributed by atoms with Gasteiger partial charge in [-0.1, -0.05) is 63.1 Å². The van der Waals surface area contributed by atoms with Crippen LogP contribution >= 0.6 is 0 Å².